The molecule has 1 aromatic carbocycles. The minimum absolute atomic E-state index is 0.314. The molecule has 1 saturated heterocycles. The molecular formula is C14H19F2N. The second-order valence-corrected chi connectivity index (χ2v) is 5.10. The second-order valence-electron chi connectivity index (χ2n) is 5.10. The van der Waals surface area contributed by atoms with Crippen molar-refractivity contribution in [1.82, 2.24) is 5.32 Å². The van der Waals surface area contributed by atoms with Crippen molar-refractivity contribution in [3.8, 4) is 0 Å². The Hall–Kier alpha value is -0.960. The highest BCUT2D eigenvalue weighted by molar-refractivity contribution is 5.22. The Bertz CT molecular complexity index is 353. The van der Waals surface area contributed by atoms with Crippen LogP contribution >= 0.6 is 0 Å². The highest BCUT2D eigenvalue weighted by Gasteiger charge is 2.30. The number of alkyl halides is 1. The maximum Gasteiger partial charge on any atom is 0.133 e. The highest BCUT2D eigenvalue weighted by Crippen LogP contribution is 2.35. The van der Waals surface area contributed by atoms with Crippen LogP contribution in [0.4, 0.5) is 8.78 Å². The van der Waals surface area contributed by atoms with Crippen LogP contribution in [0.2, 0.25) is 0 Å². The Balaban J connectivity index is 2.04. The number of nitrogens with one attached hydrogen (secondary N) is 1. The third-order valence-corrected chi connectivity index (χ3v) is 3.58. The molecule has 1 aromatic rings. The van der Waals surface area contributed by atoms with Crippen LogP contribution in [0.5, 0.6) is 0 Å². The molecule has 0 spiro atoms. The normalized spacial score (nSPS) is 21.1. The van der Waals surface area contributed by atoms with Gasteiger partial charge in [-0.1, -0.05) is 12.1 Å². The maximum atomic E-state index is 14.6. The van der Waals surface area contributed by atoms with Gasteiger partial charge in [0.05, 0.1) is 0 Å². The molecule has 1 fully saturated rings. The molecular weight excluding hydrogens is 220 g/mol. The molecule has 2 rings (SSSR count). The SMILES string of the molecule is CC(F)(CC1CCNCC1)c1ccc(F)cc1. The summed E-state index contributed by atoms with van der Waals surface area (Å²) in [7, 11) is 0. The van der Waals surface area contributed by atoms with E-state index in [4.69, 9.17) is 0 Å². The first-order valence-corrected chi connectivity index (χ1v) is 6.23. The van der Waals surface area contributed by atoms with E-state index < -0.39 is 5.67 Å². The monoisotopic (exact) mass is 239 g/mol. The molecule has 0 saturated carbocycles. The van der Waals surface area contributed by atoms with Crippen LogP contribution in [0.1, 0.15) is 31.7 Å². The molecule has 1 nitrogen and oxygen atoms in total. The van der Waals surface area contributed by atoms with Crippen molar-refractivity contribution in [3.63, 3.8) is 0 Å². The van der Waals surface area contributed by atoms with Crippen LogP contribution < -0.4 is 5.32 Å². The van der Waals surface area contributed by atoms with Crippen molar-refractivity contribution in [2.75, 3.05) is 13.1 Å². The predicted molar refractivity (Wildman–Crippen MR) is 65.1 cm³/mol. The first-order chi connectivity index (χ1) is 8.08. The molecule has 1 N–H and O–H groups in total. The molecule has 17 heavy (non-hydrogen) atoms. The van der Waals surface area contributed by atoms with Crippen LogP contribution in [-0.2, 0) is 5.67 Å². The summed E-state index contributed by atoms with van der Waals surface area (Å²) in [5.41, 5.74) is -0.771. The molecule has 1 atom stereocenters. The van der Waals surface area contributed by atoms with Crippen molar-refractivity contribution in [1.29, 1.82) is 0 Å². The number of hydrogen-bond acceptors (Lipinski definition) is 1. The van der Waals surface area contributed by atoms with Crippen molar-refractivity contribution >= 4 is 0 Å². The molecule has 0 aromatic heterocycles. The van der Waals surface area contributed by atoms with E-state index in [0.717, 1.165) is 25.9 Å². The summed E-state index contributed by atoms with van der Waals surface area (Å²) in [6.07, 6.45) is 2.59. The Morgan fingerprint density at radius 3 is 2.41 bits per heavy atom. The van der Waals surface area contributed by atoms with E-state index >= 15 is 0 Å². The summed E-state index contributed by atoms with van der Waals surface area (Å²) >= 11 is 0. The Morgan fingerprint density at radius 2 is 1.82 bits per heavy atom. The largest absolute Gasteiger partial charge is 0.317 e. The summed E-state index contributed by atoms with van der Waals surface area (Å²) in [5.74, 6) is 0.114. The number of rotatable bonds is 3. The van der Waals surface area contributed by atoms with Crippen LogP contribution in [0.25, 0.3) is 0 Å². The Labute approximate surface area is 101 Å². The van der Waals surface area contributed by atoms with Gasteiger partial charge in [0, 0.05) is 0 Å². The summed E-state index contributed by atoms with van der Waals surface area (Å²) < 4.78 is 27.4. The lowest BCUT2D eigenvalue weighted by Gasteiger charge is -2.29. The average molecular weight is 239 g/mol. The smallest absolute Gasteiger partial charge is 0.133 e. The first-order valence-electron chi connectivity index (χ1n) is 6.23. The van der Waals surface area contributed by atoms with E-state index in [1.54, 1.807) is 19.1 Å². The van der Waals surface area contributed by atoms with E-state index in [-0.39, 0.29) is 5.82 Å². The van der Waals surface area contributed by atoms with Crippen molar-refractivity contribution in [2.45, 2.75) is 31.9 Å². The number of benzene rings is 1. The molecule has 1 aliphatic heterocycles. The maximum absolute atomic E-state index is 14.6. The lowest BCUT2D eigenvalue weighted by atomic mass is 9.83. The zero-order chi connectivity index (χ0) is 12.3. The van der Waals surface area contributed by atoms with Gasteiger partial charge in [-0.3, -0.25) is 0 Å². The Kier molecular flexibility index (Phi) is 3.77. The molecule has 1 unspecified atom stereocenters. The van der Waals surface area contributed by atoms with Crippen molar-refractivity contribution in [2.24, 2.45) is 5.92 Å². The number of hydrogen-bond donors (Lipinski definition) is 1. The van der Waals surface area contributed by atoms with Gasteiger partial charge in [0.15, 0.2) is 0 Å². The fraction of sp³-hybridized carbons (Fsp3) is 0.571. The molecule has 94 valence electrons. The summed E-state index contributed by atoms with van der Waals surface area (Å²) in [6, 6.07) is 5.76. The Morgan fingerprint density at radius 1 is 1.24 bits per heavy atom. The summed E-state index contributed by atoms with van der Waals surface area (Å²) in [5, 5.41) is 3.28. The van der Waals surface area contributed by atoms with Gasteiger partial charge in [-0.2, -0.15) is 0 Å². The second kappa shape index (κ2) is 5.13. The van der Waals surface area contributed by atoms with Gasteiger partial charge >= 0.3 is 0 Å². The van der Waals surface area contributed by atoms with Crippen molar-refractivity contribution < 1.29 is 8.78 Å². The minimum Gasteiger partial charge on any atom is -0.317 e. The van der Waals surface area contributed by atoms with E-state index in [0.29, 0.717) is 17.9 Å². The first kappa shape index (κ1) is 12.5. The molecule has 0 bridgehead atoms. The zero-order valence-corrected chi connectivity index (χ0v) is 10.2. The van der Waals surface area contributed by atoms with Crippen LogP contribution in [0.15, 0.2) is 24.3 Å². The van der Waals surface area contributed by atoms with E-state index in [1.807, 2.05) is 0 Å². The van der Waals surface area contributed by atoms with Crippen molar-refractivity contribution in [3.05, 3.63) is 35.6 Å². The minimum atomic E-state index is -1.35. The molecule has 0 radical (unpaired) electrons. The van der Waals surface area contributed by atoms with Gasteiger partial charge < -0.3 is 5.32 Å². The topological polar surface area (TPSA) is 12.0 Å². The third-order valence-electron chi connectivity index (χ3n) is 3.58. The molecule has 1 heterocycles. The van der Waals surface area contributed by atoms with Gasteiger partial charge in [0.25, 0.3) is 0 Å². The highest BCUT2D eigenvalue weighted by atomic mass is 19.1. The van der Waals surface area contributed by atoms with Crippen LogP contribution in [0, 0.1) is 11.7 Å². The third kappa shape index (κ3) is 3.25. The van der Waals surface area contributed by atoms with Gasteiger partial charge in [-0.15, -0.1) is 0 Å². The fourth-order valence-corrected chi connectivity index (χ4v) is 2.54. The predicted octanol–water partition coefficient (Wildman–Crippen LogP) is 3.40. The van der Waals surface area contributed by atoms with E-state index in [2.05, 4.69) is 5.32 Å². The molecule has 0 aliphatic carbocycles. The van der Waals surface area contributed by atoms with Gasteiger partial charge in [0.1, 0.15) is 11.5 Å². The molecule has 0 amide bonds. The molecule has 3 heteroatoms. The van der Waals surface area contributed by atoms with Crippen LogP contribution in [-0.4, -0.2) is 13.1 Å². The van der Waals surface area contributed by atoms with Gasteiger partial charge in [-0.05, 0) is 62.9 Å². The quantitative estimate of drug-likeness (QED) is 0.852. The lowest BCUT2D eigenvalue weighted by molar-refractivity contribution is 0.132. The molecule has 1 aliphatic rings. The summed E-state index contributed by atoms with van der Waals surface area (Å²) in [4.78, 5) is 0. The number of halogens is 2. The average Bonchev–Trinajstić information content (AvgIpc) is 2.30. The number of piperidine rings is 1. The zero-order valence-electron chi connectivity index (χ0n) is 10.2. The van der Waals surface area contributed by atoms with Crippen LogP contribution in [0.3, 0.4) is 0 Å². The van der Waals surface area contributed by atoms with Gasteiger partial charge in [-0.25, -0.2) is 8.78 Å². The van der Waals surface area contributed by atoms with Gasteiger partial charge in [0.2, 0.25) is 0 Å². The lowest BCUT2D eigenvalue weighted by Crippen LogP contribution is -2.31. The van der Waals surface area contributed by atoms with E-state index in [9.17, 15) is 8.78 Å². The fourth-order valence-electron chi connectivity index (χ4n) is 2.54. The standard InChI is InChI=1S/C14H19F2N/c1-14(16,10-11-6-8-17-9-7-11)12-2-4-13(15)5-3-12/h2-5,11,17H,6-10H2,1H3. The summed E-state index contributed by atoms with van der Waals surface area (Å²) in [6.45, 7) is 3.55. The van der Waals surface area contributed by atoms with E-state index in [1.165, 1.54) is 12.1 Å².